The standard InChI is InChI=1S/C8H19NO3S2/c1-4-5-6-7-8(9(2)3)13-14(10,11)12/h8H,4-7H2,1-3H3,(H,10,11,12). The van der Waals surface area contributed by atoms with E-state index < -0.39 is 9.15 Å². The lowest BCUT2D eigenvalue weighted by molar-refractivity contribution is 0.359. The average molecular weight is 241 g/mol. The molecule has 0 aliphatic carbocycles. The normalized spacial score (nSPS) is 14.6. The minimum atomic E-state index is -3.93. The highest BCUT2D eigenvalue weighted by Gasteiger charge is 2.19. The van der Waals surface area contributed by atoms with Crippen molar-refractivity contribution in [3.05, 3.63) is 0 Å². The Hall–Kier alpha value is 0.220. The highest BCUT2D eigenvalue weighted by Crippen LogP contribution is 2.24. The number of hydrogen-bond acceptors (Lipinski definition) is 4. The van der Waals surface area contributed by atoms with Crippen LogP contribution in [0.1, 0.15) is 32.6 Å². The van der Waals surface area contributed by atoms with Crippen LogP contribution in [0.5, 0.6) is 0 Å². The second-order valence-electron chi connectivity index (χ2n) is 3.44. The summed E-state index contributed by atoms with van der Waals surface area (Å²) in [6.07, 6.45) is 3.97. The minimum absolute atomic E-state index is 0.156. The number of unbranched alkanes of at least 4 members (excludes halogenated alkanes) is 2. The van der Waals surface area contributed by atoms with Gasteiger partial charge in [-0.3, -0.25) is 9.45 Å². The number of rotatable bonds is 7. The summed E-state index contributed by atoms with van der Waals surface area (Å²) in [5.41, 5.74) is 0. The SMILES string of the molecule is CCCCCC(SS(=O)(=O)O)N(C)C. The molecule has 0 aliphatic heterocycles. The molecule has 1 N–H and O–H groups in total. The van der Waals surface area contributed by atoms with Gasteiger partial charge >= 0.3 is 9.15 Å². The van der Waals surface area contributed by atoms with Gasteiger partial charge in [0.05, 0.1) is 5.37 Å². The minimum Gasteiger partial charge on any atom is -0.297 e. The fourth-order valence-corrected chi connectivity index (χ4v) is 3.46. The van der Waals surface area contributed by atoms with Crippen molar-refractivity contribution in [1.82, 2.24) is 4.90 Å². The molecule has 0 fully saturated rings. The molecule has 0 aliphatic rings. The molecule has 0 spiro atoms. The lowest BCUT2D eigenvalue weighted by atomic mass is 10.2. The molecule has 0 radical (unpaired) electrons. The van der Waals surface area contributed by atoms with Crippen molar-refractivity contribution in [3.8, 4) is 0 Å². The topological polar surface area (TPSA) is 57.6 Å². The molecule has 0 saturated carbocycles. The van der Waals surface area contributed by atoms with E-state index in [1.807, 2.05) is 19.0 Å². The Morgan fingerprint density at radius 3 is 2.29 bits per heavy atom. The van der Waals surface area contributed by atoms with Gasteiger partial charge in [-0.1, -0.05) is 26.2 Å². The monoisotopic (exact) mass is 241 g/mol. The van der Waals surface area contributed by atoms with Gasteiger partial charge in [0.15, 0.2) is 0 Å². The smallest absolute Gasteiger partial charge is 0.297 e. The van der Waals surface area contributed by atoms with E-state index in [1.165, 1.54) is 0 Å². The van der Waals surface area contributed by atoms with E-state index >= 15 is 0 Å². The van der Waals surface area contributed by atoms with E-state index in [-0.39, 0.29) is 5.37 Å². The zero-order chi connectivity index (χ0) is 11.2. The summed E-state index contributed by atoms with van der Waals surface area (Å²) >= 11 is 0. The first-order valence-corrected chi connectivity index (χ1v) is 7.52. The summed E-state index contributed by atoms with van der Waals surface area (Å²) in [6.45, 7) is 2.10. The molecule has 1 atom stereocenters. The highest BCUT2D eigenvalue weighted by molar-refractivity contribution is 8.70. The van der Waals surface area contributed by atoms with Crippen molar-refractivity contribution in [2.75, 3.05) is 14.1 Å². The Kier molecular flexibility index (Phi) is 6.76. The Morgan fingerprint density at radius 2 is 1.93 bits per heavy atom. The molecule has 1 unspecified atom stereocenters. The van der Waals surface area contributed by atoms with Crippen molar-refractivity contribution in [2.24, 2.45) is 0 Å². The van der Waals surface area contributed by atoms with Crippen LogP contribution < -0.4 is 0 Å². The van der Waals surface area contributed by atoms with Gasteiger partial charge in [0, 0.05) is 10.8 Å². The van der Waals surface area contributed by atoms with E-state index in [0.717, 1.165) is 25.7 Å². The van der Waals surface area contributed by atoms with Crippen molar-refractivity contribution in [2.45, 2.75) is 38.0 Å². The van der Waals surface area contributed by atoms with E-state index in [0.29, 0.717) is 10.8 Å². The molecule has 0 bridgehead atoms. The van der Waals surface area contributed by atoms with E-state index in [1.54, 1.807) is 0 Å². The molecule has 0 rings (SSSR count). The van der Waals surface area contributed by atoms with Crippen LogP contribution in [-0.2, 0) is 9.15 Å². The third kappa shape index (κ3) is 7.61. The van der Waals surface area contributed by atoms with Crippen LogP contribution in [0.15, 0.2) is 0 Å². The molecule has 86 valence electrons. The first-order chi connectivity index (χ1) is 6.37. The summed E-state index contributed by atoms with van der Waals surface area (Å²) in [4.78, 5) is 1.81. The summed E-state index contributed by atoms with van der Waals surface area (Å²) in [7, 11) is 0.312. The van der Waals surface area contributed by atoms with Crippen LogP contribution in [0.4, 0.5) is 0 Å². The van der Waals surface area contributed by atoms with Gasteiger partial charge in [0.25, 0.3) is 0 Å². The van der Waals surface area contributed by atoms with E-state index in [4.69, 9.17) is 4.55 Å². The van der Waals surface area contributed by atoms with Crippen molar-refractivity contribution in [3.63, 3.8) is 0 Å². The molecule has 0 amide bonds. The van der Waals surface area contributed by atoms with Crippen LogP contribution in [0, 0.1) is 0 Å². The molecule has 4 nitrogen and oxygen atoms in total. The second kappa shape index (κ2) is 6.66. The van der Waals surface area contributed by atoms with Gasteiger partial charge in [-0.25, -0.2) is 0 Å². The molecule has 0 saturated heterocycles. The van der Waals surface area contributed by atoms with Gasteiger partial charge in [-0.15, -0.1) is 0 Å². The Bertz CT molecular complexity index is 239. The second-order valence-corrected chi connectivity index (χ2v) is 6.87. The molecule has 6 heteroatoms. The van der Waals surface area contributed by atoms with E-state index in [9.17, 15) is 8.42 Å². The summed E-state index contributed by atoms with van der Waals surface area (Å²) < 4.78 is 30.0. The van der Waals surface area contributed by atoms with Crippen LogP contribution in [-0.4, -0.2) is 37.3 Å². The summed E-state index contributed by atoms with van der Waals surface area (Å²) in [5, 5.41) is -0.156. The fourth-order valence-electron chi connectivity index (χ4n) is 1.10. The Balaban J connectivity index is 4.04. The largest absolute Gasteiger partial charge is 0.321 e. The van der Waals surface area contributed by atoms with Gasteiger partial charge in [-0.2, -0.15) is 8.42 Å². The molecular weight excluding hydrogens is 222 g/mol. The van der Waals surface area contributed by atoms with Crippen LogP contribution in [0.25, 0.3) is 0 Å². The Labute approximate surface area is 90.2 Å². The Morgan fingerprint density at radius 1 is 1.36 bits per heavy atom. The predicted octanol–water partition coefficient (Wildman–Crippen LogP) is 1.99. The summed E-state index contributed by atoms with van der Waals surface area (Å²) in [5.74, 6) is 0. The maximum atomic E-state index is 10.7. The average Bonchev–Trinajstić information content (AvgIpc) is 2.00. The fraction of sp³-hybridized carbons (Fsp3) is 1.00. The van der Waals surface area contributed by atoms with Gasteiger partial charge in [0.2, 0.25) is 0 Å². The first-order valence-electron chi connectivity index (χ1n) is 4.69. The number of hydrogen-bond donors (Lipinski definition) is 1. The molecule has 0 aromatic rings. The maximum absolute atomic E-state index is 10.7. The predicted molar refractivity (Wildman–Crippen MR) is 60.8 cm³/mol. The lowest BCUT2D eigenvalue weighted by Crippen LogP contribution is -2.26. The van der Waals surface area contributed by atoms with Gasteiger partial charge < -0.3 is 0 Å². The molecule has 0 aromatic heterocycles. The third-order valence-electron chi connectivity index (χ3n) is 1.86. The maximum Gasteiger partial charge on any atom is 0.321 e. The highest BCUT2D eigenvalue weighted by atomic mass is 33.1. The summed E-state index contributed by atoms with van der Waals surface area (Å²) in [6, 6.07) is 0. The molecular formula is C8H19NO3S2. The molecule has 14 heavy (non-hydrogen) atoms. The van der Waals surface area contributed by atoms with Crippen molar-refractivity contribution < 1.29 is 13.0 Å². The lowest BCUT2D eigenvalue weighted by Gasteiger charge is -2.21. The molecule has 0 heterocycles. The van der Waals surface area contributed by atoms with Crippen LogP contribution >= 0.6 is 10.8 Å². The molecule has 0 aromatic carbocycles. The van der Waals surface area contributed by atoms with Crippen LogP contribution in [0.2, 0.25) is 0 Å². The third-order valence-corrected chi connectivity index (χ3v) is 4.38. The zero-order valence-corrected chi connectivity index (χ0v) is 10.6. The van der Waals surface area contributed by atoms with E-state index in [2.05, 4.69) is 6.92 Å². The van der Waals surface area contributed by atoms with Crippen molar-refractivity contribution in [1.29, 1.82) is 0 Å². The first kappa shape index (κ1) is 14.2. The number of nitrogens with zero attached hydrogens (tertiary/aromatic N) is 1. The van der Waals surface area contributed by atoms with Gasteiger partial charge in [0.1, 0.15) is 0 Å². The van der Waals surface area contributed by atoms with Crippen molar-refractivity contribution >= 4 is 19.9 Å². The quantitative estimate of drug-likeness (QED) is 0.320. The van der Waals surface area contributed by atoms with Gasteiger partial charge in [-0.05, 0) is 20.5 Å². The van der Waals surface area contributed by atoms with Crippen LogP contribution in [0.3, 0.4) is 0 Å². The zero-order valence-electron chi connectivity index (χ0n) is 8.93.